The van der Waals surface area contributed by atoms with Gasteiger partial charge in [0.05, 0.1) is 0 Å². The van der Waals surface area contributed by atoms with E-state index in [1.54, 1.807) is 0 Å². The highest BCUT2D eigenvalue weighted by molar-refractivity contribution is 5.29. The van der Waals surface area contributed by atoms with Gasteiger partial charge in [0, 0.05) is 6.61 Å². The van der Waals surface area contributed by atoms with E-state index in [1.165, 1.54) is 16.7 Å². The van der Waals surface area contributed by atoms with Crippen molar-refractivity contribution in [2.75, 3.05) is 6.61 Å². The Kier molecular flexibility index (Phi) is 5.60. The topological polar surface area (TPSA) is 9.23 Å². The average molecular weight is 302 g/mol. The first-order valence-electron chi connectivity index (χ1n) is 8.19. The van der Waals surface area contributed by atoms with Gasteiger partial charge in [-0.25, -0.2) is 0 Å². The molecule has 0 bridgehead atoms. The molecular formula is C22H22O. The number of rotatable bonds is 7. The van der Waals surface area contributed by atoms with Crippen molar-refractivity contribution in [1.29, 1.82) is 0 Å². The summed E-state index contributed by atoms with van der Waals surface area (Å²) in [6, 6.07) is 31.5. The Morgan fingerprint density at radius 2 is 1.09 bits per heavy atom. The van der Waals surface area contributed by atoms with Gasteiger partial charge in [-0.2, -0.15) is 0 Å². The van der Waals surface area contributed by atoms with Gasteiger partial charge < -0.3 is 4.74 Å². The molecule has 0 fully saturated rings. The molecule has 0 unspecified atom stereocenters. The van der Waals surface area contributed by atoms with Gasteiger partial charge in [-0.15, -0.1) is 0 Å². The Bertz CT molecular complexity index is 637. The lowest BCUT2D eigenvalue weighted by atomic mass is 10.0. The van der Waals surface area contributed by atoms with Crippen LogP contribution in [0, 0.1) is 0 Å². The second-order valence-corrected chi connectivity index (χ2v) is 5.66. The molecule has 23 heavy (non-hydrogen) atoms. The van der Waals surface area contributed by atoms with E-state index in [0.29, 0.717) is 0 Å². The third-order valence-electron chi connectivity index (χ3n) is 3.94. The van der Waals surface area contributed by atoms with Gasteiger partial charge in [-0.3, -0.25) is 0 Å². The van der Waals surface area contributed by atoms with Crippen molar-refractivity contribution in [3.8, 4) is 0 Å². The predicted molar refractivity (Wildman–Crippen MR) is 95.4 cm³/mol. The lowest BCUT2D eigenvalue weighted by molar-refractivity contribution is 0.0784. The maximum atomic E-state index is 6.24. The zero-order valence-corrected chi connectivity index (χ0v) is 13.3. The van der Waals surface area contributed by atoms with Crippen molar-refractivity contribution in [1.82, 2.24) is 0 Å². The van der Waals surface area contributed by atoms with Crippen molar-refractivity contribution in [3.05, 3.63) is 108 Å². The SMILES string of the molecule is c1ccc(CCCOC(c2ccccc2)c2ccccc2)cc1. The molecule has 0 aliphatic carbocycles. The molecule has 116 valence electrons. The summed E-state index contributed by atoms with van der Waals surface area (Å²) in [5.41, 5.74) is 3.78. The van der Waals surface area contributed by atoms with Crippen molar-refractivity contribution >= 4 is 0 Å². The second-order valence-electron chi connectivity index (χ2n) is 5.66. The van der Waals surface area contributed by atoms with Crippen LogP contribution < -0.4 is 0 Å². The molecule has 3 aromatic rings. The van der Waals surface area contributed by atoms with E-state index in [9.17, 15) is 0 Å². The molecule has 0 radical (unpaired) electrons. The smallest absolute Gasteiger partial charge is 0.108 e. The molecular weight excluding hydrogens is 280 g/mol. The van der Waals surface area contributed by atoms with E-state index >= 15 is 0 Å². The molecule has 0 heterocycles. The van der Waals surface area contributed by atoms with Gasteiger partial charge in [-0.1, -0.05) is 91.0 Å². The van der Waals surface area contributed by atoms with Crippen LogP contribution >= 0.6 is 0 Å². The highest BCUT2D eigenvalue weighted by atomic mass is 16.5. The number of ether oxygens (including phenoxy) is 1. The first-order valence-corrected chi connectivity index (χ1v) is 8.19. The van der Waals surface area contributed by atoms with Crippen molar-refractivity contribution in [2.24, 2.45) is 0 Å². The highest BCUT2D eigenvalue weighted by Gasteiger charge is 2.13. The van der Waals surface area contributed by atoms with Gasteiger partial charge in [0.15, 0.2) is 0 Å². The Balaban J connectivity index is 1.63. The molecule has 0 amide bonds. The van der Waals surface area contributed by atoms with Crippen LogP contribution in [0.4, 0.5) is 0 Å². The molecule has 0 aliphatic heterocycles. The fraction of sp³-hybridized carbons (Fsp3) is 0.182. The lowest BCUT2D eigenvalue weighted by Crippen LogP contribution is -2.08. The molecule has 0 N–H and O–H groups in total. The van der Waals surface area contributed by atoms with E-state index in [0.717, 1.165) is 19.4 Å². The summed E-state index contributed by atoms with van der Waals surface area (Å²) < 4.78 is 6.24. The van der Waals surface area contributed by atoms with Gasteiger partial charge in [-0.05, 0) is 29.5 Å². The predicted octanol–water partition coefficient (Wildman–Crippen LogP) is 5.43. The summed E-state index contributed by atoms with van der Waals surface area (Å²) in [7, 11) is 0. The molecule has 0 aromatic heterocycles. The van der Waals surface area contributed by atoms with Crippen molar-refractivity contribution < 1.29 is 4.74 Å². The fourth-order valence-electron chi connectivity index (χ4n) is 2.76. The van der Waals surface area contributed by atoms with Crippen LogP contribution in [0.15, 0.2) is 91.0 Å². The van der Waals surface area contributed by atoms with Crippen LogP contribution in [0.5, 0.6) is 0 Å². The standard InChI is InChI=1S/C22H22O/c1-4-11-19(12-5-1)13-10-18-23-22(20-14-6-2-7-15-20)21-16-8-3-9-17-21/h1-9,11-12,14-17,22H,10,13,18H2. The summed E-state index contributed by atoms with van der Waals surface area (Å²) in [6.07, 6.45) is 2.09. The van der Waals surface area contributed by atoms with E-state index in [2.05, 4.69) is 78.9 Å². The molecule has 0 saturated carbocycles. The van der Waals surface area contributed by atoms with Gasteiger partial charge >= 0.3 is 0 Å². The molecule has 1 heteroatoms. The number of aryl methyl sites for hydroxylation is 1. The maximum absolute atomic E-state index is 6.24. The van der Waals surface area contributed by atoms with Crippen molar-refractivity contribution in [2.45, 2.75) is 18.9 Å². The molecule has 3 aromatic carbocycles. The maximum Gasteiger partial charge on any atom is 0.108 e. The van der Waals surface area contributed by atoms with Gasteiger partial charge in [0.25, 0.3) is 0 Å². The monoisotopic (exact) mass is 302 g/mol. The molecule has 0 atom stereocenters. The quantitative estimate of drug-likeness (QED) is 0.529. The summed E-state index contributed by atoms with van der Waals surface area (Å²) in [4.78, 5) is 0. The van der Waals surface area contributed by atoms with Crippen LogP contribution in [0.1, 0.15) is 29.2 Å². The summed E-state index contributed by atoms with van der Waals surface area (Å²) in [5.74, 6) is 0. The Labute approximate surface area is 138 Å². The first kappa shape index (κ1) is 15.5. The van der Waals surface area contributed by atoms with Gasteiger partial charge in [0.1, 0.15) is 6.10 Å². The third-order valence-corrected chi connectivity index (χ3v) is 3.94. The van der Waals surface area contributed by atoms with Gasteiger partial charge in [0.2, 0.25) is 0 Å². The normalized spacial score (nSPS) is 10.8. The largest absolute Gasteiger partial charge is 0.369 e. The number of hydrogen-bond acceptors (Lipinski definition) is 1. The Hall–Kier alpha value is -2.38. The van der Waals surface area contributed by atoms with Crippen LogP contribution in [-0.4, -0.2) is 6.61 Å². The van der Waals surface area contributed by atoms with Crippen LogP contribution in [-0.2, 0) is 11.2 Å². The molecule has 0 spiro atoms. The average Bonchev–Trinajstić information content (AvgIpc) is 2.64. The Morgan fingerprint density at radius 1 is 0.609 bits per heavy atom. The summed E-state index contributed by atoms with van der Waals surface area (Å²) in [6.45, 7) is 0.753. The third kappa shape index (κ3) is 4.54. The van der Waals surface area contributed by atoms with Crippen LogP contribution in [0.25, 0.3) is 0 Å². The second kappa shape index (κ2) is 8.30. The Morgan fingerprint density at radius 3 is 1.61 bits per heavy atom. The van der Waals surface area contributed by atoms with E-state index < -0.39 is 0 Å². The summed E-state index contributed by atoms with van der Waals surface area (Å²) >= 11 is 0. The zero-order valence-electron chi connectivity index (χ0n) is 13.3. The van der Waals surface area contributed by atoms with E-state index in [1.807, 2.05) is 12.1 Å². The number of hydrogen-bond donors (Lipinski definition) is 0. The molecule has 0 aliphatic rings. The minimum atomic E-state index is 0.00757. The summed E-state index contributed by atoms with van der Waals surface area (Å²) in [5, 5.41) is 0. The molecule has 0 saturated heterocycles. The van der Waals surface area contributed by atoms with E-state index in [4.69, 9.17) is 4.74 Å². The molecule has 3 rings (SSSR count). The minimum absolute atomic E-state index is 0.00757. The van der Waals surface area contributed by atoms with Crippen LogP contribution in [0.3, 0.4) is 0 Å². The van der Waals surface area contributed by atoms with E-state index in [-0.39, 0.29) is 6.10 Å². The lowest BCUT2D eigenvalue weighted by Gasteiger charge is -2.19. The molecule has 1 nitrogen and oxygen atoms in total. The minimum Gasteiger partial charge on any atom is -0.369 e. The first-order chi connectivity index (χ1) is 11.4. The van der Waals surface area contributed by atoms with Crippen LogP contribution in [0.2, 0.25) is 0 Å². The number of benzene rings is 3. The van der Waals surface area contributed by atoms with Crippen molar-refractivity contribution in [3.63, 3.8) is 0 Å². The fourth-order valence-corrected chi connectivity index (χ4v) is 2.76. The zero-order chi connectivity index (χ0) is 15.7. The highest BCUT2D eigenvalue weighted by Crippen LogP contribution is 2.26.